The topological polar surface area (TPSA) is 77.3 Å². The van der Waals surface area contributed by atoms with Crippen molar-refractivity contribution in [3.63, 3.8) is 0 Å². The summed E-state index contributed by atoms with van der Waals surface area (Å²) < 4.78 is 0. The highest BCUT2D eigenvalue weighted by molar-refractivity contribution is 5.83. The van der Waals surface area contributed by atoms with Crippen molar-refractivity contribution in [2.45, 2.75) is 10.8 Å². The minimum atomic E-state index is -0.597. The van der Waals surface area contributed by atoms with E-state index in [-0.39, 0.29) is 0 Å². The van der Waals surface area contributed by atoms with Gasteiger partial charge < -0.3 is 0 Å². The summed E-state index contributed by atoms with van der Waals surface area (Å²) in [6.07, 6.45) is 0. The summed E-state index contributed by atoms with van der Waals surface area (Å²) in [5.41, 5.74) is 14.4. The Labute approximate surface area is 394 Å². The number of aromatic nitrogens is 6. The van der Waals surface area contributed by atoms with Crippen LogP contribution in [-0.4, -0.2) is 29.9 Å². The van der Waals surface area contributed by atoms with Gasteiger partial charge in [0.1, 0.15) is 0 Å². The molecule has 0 aliphatic heterocycles. The summed E-state index contributed by atoms with van der Waals surface area (Å²) in [6.45, 7) is 0. The summed E-state index contributed by atoms with van der Waals surface area (Å²) in [5, 5.41) is 0. The zero-order chi connectivity index (χ0) is 45.1. The molecule has 14 rings (SSSR count). The van der Waals surface area contributed by atoms with E-state index in [4.69, 9.17) is 29.9 Å². The van der Waals surface area contributed by atoms with Gasteiger partial charge in [0.2, 0.25) is 0 Å². The Kier molecular flexibility index (Phi) is 9.18. The zero-order valence-electron chi connectivity index (χ0n) is 36.8. The van der Waals surface area contributed by atoms with Gasteiger partial charge in [-0.1, -0.05) is 243 Å². The van der Waals surface area contributed by atoms with Crippen molar-refractivity contribution in [3.8, 4) is 68.3 Å². The maximum Gasteiger partial charge on any atom is 0.164 e. The molecule has 11 aromatic rings. The first-order chi connectivity index (χ1) is 33.7. The molecule has 0 unspecified atom stereocenters. The predicted molar refractivity (Wildman–Crippen MR) is 270 cm³/mol. The van der Waals surface area contributed by atoms with Gasteiger partial charge in [-0.2, -0.15) is 0 Å². The number of nitrogens with zero attached hydrogens (tertiary/aromatic N) is 6. The second kappa shape index (κ2) is 15.9. The first-order valence-corrected chi connectivity index (χ1v) is 23.0. The Morgan fingerprint density at radius 1 is 0.176 bits per heavy atom. The molecule has 318 valence electrons. The third-order valence-electron chi connectivity index (χ3n) is 13.8. The van der Waals surface area contributed by atoms with E-state index in [1.807, 2.05) is 121 Å². The fraction of sp³-hybridized carbons (Fsp3) is 0.0323. The van der Waals surface area contributed by atoms with Crippen LogP contribution in [0.5, 0.6) is 0 Å². The molecule has 3 aliphatic carbocycles. The van der Waals surface area contributed by atoms with E-state index in [0.29, 0.717) is 34.9 Å². The summed E-state index contributed by atoms with van der Waals surface area (Å²) in [7, 11) is 0. The Balaban J connectivity index is 0.960. The highest BCUT2D eigenvalue weighted by Gasteiger charge is 2.59. The van der Waals surface area contributed by atoms with Gasteiger partial charge in [0, 0.05) is 33.4 Å². The minimum absolute atomic E-state index is 0.597. The first-order valence-electron chi connectivity index (χ1n) is 23.0. The third-order valence-corrected chi connectivity index (χ3v) is 13.8. The molecular weight excluding hydrogens is 829 g/mol. The summed E-state index contributed by atoms with van der Waals surface area (Å²) in [4.78, 5) is 30.2. The Hall–Kier alpha value is -9.00. The molecular formula is C62H40N6. The Morgan fingerprint density at radius 2 is 0.353 bits per heavy atom. The molecule has 0 radical (unpaired) electrons. The minimum Gasteiger partial charge on any atom is -0.208 e. The predicted octanol–water partition coefficient (Wildman–Crippen LogP) is 13.5. The quantitative estimate of drug-likeness (QED) is 0.151. The molecule has 6 heteroatoms. The lowest BCUT2D eigenvalue weighted by Crippen LogP contribution is -2.51. The Bertz CT molecular complexity index is 3180. The number of rotatable bonds is 8. The highest BCUT2D eigenvalue weighted by atomic mass is 15.0. The molecule has 0 N–H and O–H groups in total. The van der Waals surface area contributed by atoms with Gasteiger partial charge in [0.15, 0.2) is 34.9 Å². The molecule has 68 heavy (non-hydrogen) atoms. The van der Waals surface area contributed by atoms with E-state index in [0.717, 1.165) is 33.4 Å². The fourth-order valence-electron chi connectivity index (χ4n) is 10.8. The van der Waals surface area contributed by atoms with Gasteiger partial charge in [-0.05, 0) is 44.5 Å². The molecule has 2 bridgehead atoms. The third kappa shape index (κ3) is 6.04. The monoisotopic (exact) mass is 868 g/mol. The van der Waals surface area contributed by atoms with Crippen molar-refractivity contribution in [3.05, 3.63) is 287 Å². The molecule has 0 amide bonds. The van der Waals surface area contributed by atoms with Crippen LogP contribution in [0.15, 0.2) is 243 Å². The molecule has 3 aliphatic rings. The SMILES string of the molecule is c1ccc(-c2nc(-c3ccccc3)nc(-c3ccc(C45c6ccccc6C(c6ccc(-c7nc(-c8ccccc8)nc(-c8ccccc8)n7)cc6)(c6ccccc64)c4ccccc45)cc3)n2)cc1. The maximum absolute atomic E-state index is 5.07. The molecule has 2 heterocycles. The normalized spacial score (nSPS) is 16.4. The van der Waals surface area contributed by atoms with Crippen molar-refractivity contribution < 1.29 is 0 Å². The lowest BCUT2D eigenvalue weighted by atomic mass is 9.44. The van der Waals surface area contributed by atoms with Gasteiger partial charge in [0.05, 0.1) is 10.8 Å². The first kappa shape index (κ1) is 39.4. The second-order valence-electron chi connectivity index (χ2n) is 17.4. The van der Waals surface area contributed by atoms with Crippen LogP contribution in [0, 0.1) is 0 Å². The summed E-state index contributed by atoms with van der Waals surface area (Å²) in [5.74, 6) is 3.81. The van der Waals surface area contributed by atoms with Crippen molar-refractivity contribution in [1.29, 1.82) is 0 Å². The molecule has 0 saturated carbocycles. The highest BCUT2D eigenvalue weighted by Crippen LogP contribution is 2.66. The van der Waals surface area contributed by atoms with E-state index in [1.165, 1.54) is 44.5 Å². The number of benzene rings is 9. The molecule has 0 spiro atoms. The van der Waals surface area contributed by atoms with E-state index in [9.17, 15) is 0 Å². The summed E-state index contributed by atoms with van der Waals surface area (Å²) >= 11 is 0. The van der Waals surface area contributed by atoms with Gasteiger partial charge in [-0.15, -0.1) is 0 Å². The fourth-order valence-corrected chi connectivity index (χ4v) is 10.8. The average Bonchev–Trinajstić information content (AvgIpc) is 3.43. The molecule has 0 fully saturated rings. The number of hydrogen-bond acceptors (Lipinski definition) is 6. The Morgan fingerprint density at radius 3 is 0.559 bits per heavy atom. The van der Waals surface area contributed by atoms with Crippen LogP contribution < -0.4 is 0 Å². The van der Waals surface area contributed by atoms with Crippen LogP contribution in [0.2, 0.25) is 0 Å². The lowest BCUT2D eigenvalue weighted by molar-refractivity contribution is 0.557. The van der Waals surface area contributed by atoms with Crippen molar-refractivity contribution >= 4 is 0 Å². The van der Waals surface area contributed by atoms with Crippen LogP contribution in [0.25, 0.3) is 68.3 Å². The van der Waals surface area contributed by atoms with Crippen LogP contribution in [-0.2, 0) is 10.8 Å². The second-order valence-corrected chi connectivity index (χ2v) is 17.4. The van der Waals surface area contributed by atoms with Gasteiger partial charge >= 0.3 is 0 Å². The van der Waals surface area contributed by atoms with Gasteiger partial charge in [0.25, 0.3) is 0 Å². The van der Waals surface area contributed by atoms with E-state index >= 15 is 0 Å². The van der Waals surface area contributed by atoms with Crippen LogP contribution >= 0.6 is 0 Å². The van der Waals surface area contributed by atoms with E-state index < -0.39 is 10.8 Å². The van der Waals surface area contributed by atoms with Crippen LogP contribution in [0.1, 0.15) is 44.5 Å². The van der Waals surface area contributed by atoms with Gasteiger partial charge in [-0.3, -0.25) is 0 Å². The van der Waals surface area contributed by atoms with Crippen molar-refractivity contribution in [2.75, 3.05) is 0 Å². The van der Waals surface area contributed by atoms with E-state index in [2.05, 4.69) is 121 Å². The molecule has 0 atom stereocenters. The van der Waals surface area contributed by atoms with E-state index in [1.54, 1.807) is 0 Å². The molecule has 6 nitrogen and oxygen atoms in total. The lowest BCUT2D eigenvalue weighted by Gasteiger charge is -2.57. The van der Waals surface area contributed by atoms with Gasteiger partial charge in [-0.25, -0.2) is 29.9 Å². The van der Waals surface area contributed by atoms with Crippen LogP contribution in [0.4, 0.5) is 0 Å². The maximum atomic E-state index is 5.07. The van der Waals surface area contributed by atoms with Crippen LogP contribution in [0.3, 0.4) is 0 Å². The number of hydrogen-bond donors (Lipinski definition) is 0. The standard InChI is InChI=1S/C62H40N6/c1-5-19-41(20-6-1)55-63-56(42-21-7-2-8-22-42)66-59(65-55)45-33-37-47(38-34-45)61-49-27-13-16-30-52(49)62(53-31-17-14-28-50(53)61,54-32-18-15-29-51(54)61)48-39-35-46(36-40-48)60-67-57(43-23-9-3-10-24-43)64-58(68-60)44-25-11-4-12-26-44/h1-40H. The van der Waals surface area contributed by atoms with Crippen molar-refractivity contribution in [2.24, 2.45) is 0 Å². The smallest absolute Gasteiger partial charge is 0.164 e. The van der Waals surface area contributed by atoms with Crippen molar-refractivity contribution in [1.82, 2.24) is 29.9 Å². The molecule has 0 saturated heterocycles. The zero-order valence-corrected chi connectivity index (χ0v) is 36.8. The molecule has 2 aromatic heterocycles. The molecule has 9 aromatic carbocycles. The summed E-state index contributed by atoms with van der Waals surface area (Å²) in [6, 6.07) is 85.5. The average molecular weight is 869 g/mol. The largest absolute Gasteiger partial charge is 0.208 e.